The normalized spacial score (nSPS) is 20.9. The Kier molecular flexibility index (Phi) is 4.37. The quantitative estimate of drug-likeness (QED) is 0.881. The molecule has 1 saturated heterocycles. The third-order valence-corrected chi connectivity index (χ3v) is 5.07. The number of piperidine rings is 1. The lowest BCUT2D eigenvalue weighted by Gasteiger charge is -2.36. The van der Waals surface area contributed by atoms with Crippen LogP contribution in [0.3, 0.4) is 0 Å². The predicted octanol–water partition coefficient (Wildman–Crippen LogP) is 4.49. The second kappa shape index (κ2) is 6.80. The monoisotopic (exact) mass is 322 g/mol. The highest BCUT2D eigenvalue weighted by Crippen LogP contribution is 2.31. The molecular weight excluding hydrogens is 296 g/mol. The van der Waals surface area contributed by atoms with Crippen LogP contribution in [0.1, 0.15) is 45.4 Å². The lowest BCUT2D eigenvalue weighted by molar-refractivity contribution is 0.447. The van der Waals surface area contributed by atoms with E-state index in [-0.39, 0.29) is 0 Å². The lowest BCUT2D eigenvalue weighted by atomic mass is 10.00. The molecule has 1 aliphatic carbocycles. The highest BCUT2D eigenvalue weighted by atomic mass is 15.2. The molecule has 1 aliphatic heterocycles. The molecule has 1 unspecified atom stereocenters. The van der Waals surface area contributed by atoms with E-state index in [9.17, 15) is 0 Å². The summed E-state index contributed by atoms with van der Waals surface area (Å²) in [6.45, 7) is 3.39. The number of anilines is 2. The molecule has 0 radical (unpaired) electrons. The number of hydrogen-bond donors (Lipinski definition) is 1. The fraction of sp³-hybridized carbons (Fsp3) is 0.500. The van der Waals surface area contributed by atoms with Crippen molar-refractivity contribution in [3.8, 4) is 11.4 Å². The van der Waals surface area contributed by atoms with Crippen LogP contribution in [0.25, 0.3) is 11.4 Å². The minimum absolute atomic E-state index is 0.597. The molecule has 1 aromatic heterocycles. The van der Waals surface area contributed by atoms with Gasteiger partial charge < -0.3 is 10.2 Å². The van der Waals surface area contributed by atoms with Crippen LogP contribution in [0.2, 0.25) is 0 Å². The zero-order valence-electron chi connectivity index (χ0n) is 14.4. The second-order valence-corrected chi connectivity index (χ2v) is 6.97. The first-order chi connectivity index (χ1) is 11.8. The molecular formula is C20H26N4. The Hall–Kier alpha value is -2.10. The van der Waals surface area contributed by atoms with E-state index in [1.165, 1.54) is 38.5 Å². The van der Waals surface area contributed by atoms with Gasteiger partial charge in [-0.25, -0.2) is 9.97 Å². The molecule has 2 aromatic rings. The van der Waals surface area contributed by atoms with E-state index < -0.39 is 0 Å². The fourth-order valence-electron chi connectivity index (χ4n) is 3.54. The minimum atomic E-state index is 0.597. The van der Waals surface area contributed by atoms with Gasteiger partial charge >= 0.3 is 0 Å². The van der Waals surface area contributed by atoms with Crippen molar-refractivity contribution >= 4 is 11.6 Å². The molecule has 0 amide bonds. The van der Waals surface area contributed by atoms with Crippen molar-refractivity contribution in [2.45, 2.75) is 57.5 Å². The topological polar surface area (TPSA) is 41.0 Å². The van der Waals surface area contributed by atoms with Crippen molar-refractivity contribution in [1.82, 2.24) is 9.97 Å². The van der Waals surface area contributed by atoms with Crippen molar-refractivity contribution < 1.29 is 0 Å². The van der Waals surface area contributed by atoms with Gasteiger partial charge in [0.1, 0.15) is 11.6 Å². The molecule has 1 aromatic carbocycles. The van der Waals surface area contributed by atoms with Crippen molar-refractivity contribution in [3.05, 3.63) is 36.4 Å². The molecule has 2 aliphatic rings. The van der Waals surface area contributed by atoms with Crippen molar-refractivity contribution in [1.29, 1.82) is 0 Å². The first-order valence-electron chi connectivity index (χ1n) is 9.31. The third-order valence-electron chi connectivity index (χ3n) is 5.07. The zero-order chi connectivity index (χ0) is 16.4. The summed E-state index contributed by atoms with van der Waals surface area (Å²) < 4.78 is 0. The van der Waals surface area contributed by atoms with E-state index in [1.807, 2.05) is 6.07 Å². The molecule has 2 fully saturated rings. The van der Waals surface area contributed by atoms with Gasteiger partial charge in [-0.2, -0.15) is 0 Å². The van der Waals surface area contributed by atoms with Crippen molar-refractivity contribution in [2.75, 3.05) is 16.8 Å². The Bertz CT molecular complexity index is 681. The van der Waals surface area contributed by atoms with Gasteiger partial charge in [0.25, 0.3) is 0 Å². The lowest BCUT2D eigenvalue weighted by Crippen LogP contribution is -2.39. The summed E-state index contributed by atoms with van der Waals surface area (Å²) in [6, 6.07) is 13.7. The predicted molar refractivity (Wildman–Crippen MR) is 99.4 cm³/mol. The zero-order valence-corrected chi connectivity index (χ0v) is 14.4. The maximum absolute atomic E-state index is 4.93. The molecule has 2 heterocycles. The number of nitrogens with one attached hydrogen (secondary N) is 1. The van der Waals surface area contributed by atoms with Crippen LogP contribution in [0.15, 0.2) is 36.4 Å². The second-order valence-electron chi connectivity index (χ2n) is 6.97. The number of hydrogen-bond acceptors (Lipinski definition) is 4. The molecule has 0 bridgehead atoms. The average molecular weight is 322 g/mol. The molecule has 4 nitrogen and oxygen atoms in total. The van der Waals surface area contributed by atoms with E-state index in [1.54, 1.807) is 0 Å². The summed E-state index contributed by atoms with van der Waals surface area (Å²) in [5, 5.41) is 3.56. The highest BCUT2D eigenvalue weighted by Gasteiger charge is 2.25. The maximum Gasteiger partial charge on any atom is 0.163 e. The third kappa shape index (κ3) is 3.37. The summed E-state index contributed by atoms with van der Waals surface area (Å²) in [7, 11) is 0. The van der Waals surface area contributed by atoms with Gasteiger partial charge in [0.2, 0.25) is 0 Å². The van der Waals surface area contributed by atoms with Gasteiger partial charge in [-0.3, -0.25) is 0 Å². The number of aromatic nitrogens is 2. The Balaban J connectivity index is 1.71. The first-order valence-corrected chi connectivity index (χ1v) is 9.31. The van der Waals surface area contributed by atoms with Crippen LogP contribution >= 0.6 is 0 Å². The molecule has 1 atom stereocenters. The summed E-state index contributed by atoms with van der Waals surface area (Å²) in [5.41, 5.74) is 1.09. The van der Waals surface area contributed by atoms with E-state index in [0.29, 0.717) is 12.1 Å². The van der Waals surface area contributed by atoms with Crippen LogP contribution < -0.4 is 10.2 Å². The Morgan fingerprint density at radius 1 is 1.08 bits per heavy atom. The molecule has 0 spiro atoms. The van der Waals surface area contributed by atoms with Crippen LogP contribution in [-0.2, 0) is 0 Å². The summed E-state index contributed by atoms with van der Waals surface area (Å²) in [5.74, 6) is 2.89. The molecule has 1 saturated carbocycles. The fourth-order valence-corrected chi connectivity index (χ4v) is 3.54. The van der Waals surface area contributed by atoms with Crippen LogP contribution in [0.5, 0.6) is 0 Å². The van der Waals surface area contributed by atoms with Crippen LogP contribution in [0.4, 0.5) is 11.6 Å². The maximum atomic E-state index is 4.93. The van der Waals surface area contributed by atoms with Gasteiger partial charge in [0.15, 0.2) is 5.82 Å². The summed E-state index contributed by atoms with van der Waals surface area (Å²) in [4.78, 5) is 12.2. The smallest absolute Gasteiger partial charge is 0.163 e. The Morgan fingerprint density at radius 3 is 2.67 bits per heavy atom. The molecule has 1 N–H and O–H groups in total. The standard InChI is InChI=1S/C20H26N4/c1-2-17-10-6-7-13-24(17)19-14-18(21-16-11-12-16)22-20(23-19)15-8-4-3-5-9-15/h3-5,8-9,14,16-17H,2,6-7,10-13H2,1H3,(H,21,22,23). The van der Waals surface area contributed by atoms with Gasteiger partial charge in [-0.15, -0.1) is 0 Å². The van der Waals surface area contributed by atoms with Gasteiger partial charge in [-0.1, -0.05) is 37.3 Å². The first kappa shape index (κ1) is 15.4. The summed E-state index contributed by atoms with van der Waals surface area (Å²) in [6.07, 6.45) is 7.54. The molecule has 126 valence electrons. The largest absolute Gasteiger partial charge is 0.367 e. The Morgan fingerprint density at radius 2 is 1.92 bits per heavy atom. The molecule has 4 heteroatoms. The van der Waals surface area contributed by atoms with Crippen LogP contribution in [-0.4, -0.2) is 28.6 Å². The molecule has 4 rings (SSSR count). The Labute approximate surface area is 144 Å². The molecule has 24 heavy (non-hydrogen) atoms. The van der Waals surface area contributed by atoms with Crippen molar-refractivity contribution in [3.63, 3.8) is 0 Å². The number of nitrogens with zero attached hydrogens (tertiary/aromatic N) is 3. The van der Waals surface area contributed by atoms with E-state index >= 15 is 0 Å². The van der Waals surface area contributed by atoms with Gasteiger partial charge in [0, 0.05) is 30.3 Å². The van der Waals surface area contributed by atoms with E-state index in [0.717, 1.165) is 29.6 Å². The SMILES string of the molecule is CCC1CCCCN1c1cc(NC2CC2)nc(-c2ccccc2)n1. The van der Waals surface area contributed by atoms with Gasteiger partial charge in [0.05, 0.1) is 0 Å². The minimum Gasteiger partial charge on any atom is -0.367 e. The number of rotatable bonds is 5. The number of benzene rings is 1. The van der Waals surface area contributed by atoms with Gasteiger partial charge in [-0.05, 0) is 38.5 Å². The van der Waals surface area contributed by atoms with E-state index in [4.69, 9.17) is 9.97 Å². The van der Waals surface area contributed by atoms with Crippen LogP contribution in [0, 0.1) is 0 Å². The van der Waals surface area contributed by atoms with Crippen molar-refractivity contribution in [2.24, 2.45) is 0 Å². The highest BCUT2D eigenvalue weighted by molar-refractivity contribution is 5.62. The van der Waals surface area contributed by atoms with E-state index in [2.05, 4.69) is 47.5 Å². The average Bonchev–Trinajstić information content (AvgIpc) is 3.46. The summed E-state index contributed by atoms with van der Waals surface area (Å²) >= 11 is 0.